The van der Waals surface area contributed by atoms with Gasteiger partial charge in [-0.2, -0.15) is 5.10 Å². The number of amides is 1. The van der Waals surface area contributed by atoms with Crippen molar-refractivity contribution in [3.05, 3.63) is 53.5 Å². The van der Waals surface area contributed by atoms with Crippen molar-refractivity contribution in [2.75, 3.05) is 5.32 Å². The Balaban J connectivity index is 2.24. The Bertz CT molecular complexity index is 543. The Morgan fingerprint density at radius 3 is 2.82 bits per heavy atom. The second kappa shape index (κ2) is 4.69. The van der Waals surface area contributed by atoms with Crippen molar-refractivity contribution in [1.82, 2.24) is 10.2 Å². The fourth-order valence-corrected chi connectivity index (χ4v) is 1.37. The first-order valence-corrected chi connectivity index (χ1v) is 5.02. The minimum Gasteiger partial charge on any atom is -0.305 e. The van der Waals surface area contributed by atoms with Crippen LogP contribution in [0.5, 0.6) is 0 Å². The molecule has 0 saturated carbocycles. The Morgan fingerprint density at radius 1 is 1.29 bits per heavy atom. The van der Waals surface area contributed by atoms with Crippen LogP contribution in [0.1, 0.15) is 15.9 Å². The topological polar surface area (TPSA) is 54.9 Å². The van der Waals surface area contributed by atoms with E-state index in [9.17, 15) is 9.18 Å². The number of benzene rings is 1. The molecule has 1 aromatic heterocycles. The third-order valence-electron chi connectivity index (χ3n) is 2.25. The maximum absolute atomic E-state index is 13.7. The van der Waals surface area contributed by atoms with Gasteiger partial charge < -0.3 is 5.32 Å². The smallest absolute Gasteiger partial charge is 0.259 e. The number of nitrogens with zero attached hydrogens (tertiary/aromatic N) is 2. The quantitative estimate of drug-likeness (QED) is 0.861. The molecule has 1 N–H and O–H groups in total. The second-order valence-corrected chi connectivity index (χ2v) is 3.50. The van der Waals surface area contributed by atoms with Crippen LogP contribution in [-0.4, -0.2) is 16.1 Å². The van der Waals surface area contributed by atoms with Crippen molar-refractivity contribution < 1.29 is 9.18 Å². The predicted molar refractivity (Wildman–Crippen MR) is 61.1 cm³/mol. The molecule has 1 heterocycles. The van der Waals surface area contributed by atoms with E-state index in [1.54, 1.807) is 31.2 Å². The summed E-state index contributed by atoms with van der Waals surface area (Å²) in [6.07, 6.45) is 1.49. The van der Waals surface area contributed by atoms with Gasteiger partial charge in [-0.15, -0.1) is 5.10 Å². The number of rotatable bonds is 2. The average molecular weight is 231 g/mol. The molecule has 4 nitrogen and oxygen atoms in total. The molecule has 0 aliphatic rings. The van der Waals surface area contributed by atoms with Crippen molar-refractivity contribution in [3.63, 3.8) is 0 Å². The molecule has 2 rings (SSSR count). The first-order valence-electron chi connectivity index (χ1n) is 5.02. The maximum atomic E-state index is 13.7. The molecule has 0 saturated heterocycles. The lowest BCUT2D eigenvalue weighted by Gasteiger charge is -2.05. The van der Waals surface area contributed by atoms with Gasteiger partial charge in [0.15, 0.2) is 5.82 Å². The maximum Gasteiger partial charge on any atom is 0.259 e. The highest BCUT2D eigenvalue weighted by Gasteiger charge is 2.13. The highest BCUT2D eigenvalue weighted by molar-refractivity contribution is 6.04. The van der Waals surface area contributed by atoms with Crippen molar-refractivity contribution in [2.24, 2.45) is 0 Å². The lowest BCUT2D eigenvalue weighted by Crippen LogP contribution is -2.15. The van der Waals surface area contributed by atoms with Crippen molar-refractivity contribution in [1.29, 1.82) is 0 Å². The van der Waals surface area contributed by atoms with Crippen LogP contribution in [0.2, 0.25) is 0 Å². The average Bonchev–Trinajstić information content (AvgIpc) is 2.34. The number of anilines is 1. The number of aryl methyl sites for hydroxylation is 1. The van der Waals surface area contributed by atoms with Gasteiger partial charge in [0.1, 0.15) is 5.82 Å². The number of hydrogen-bond acceptors (Lipinski definition) is 3. The molecule has 0 aliphatic heterocycles. The van der Waals surface area contributed by atoms with Crippen molar-refractivity contribution >= 4 is 11.7 Å². The van der Waals surface area contributed by atoms with Gasteiger partial charge in [0, 0.05) is 6.20 Å². The first kappa shape index (κ1) is 11.2. The van der Waals surface area contributed by atoms with Gasteiger partial charge in [-0.3, -0.25) is 4.79 Å². The van der Waals surface area contributed by atoms with E-state index in [1.165, 1.54) is 12.3 Å². The van der Waals surface area contributed by atoms with Crippen LogP contribution in [-0.2, 0) is 0 Å². The lowest BCUT2D eigenvalue weighted by molar-refractivity contribution is 0.102. The van der Waals surface area contributed by atoms with Crippen LogP contribution in [0.4, 0.5) is 10.2 Å². The molecule has 2 aromatic rings. The van der Waals surface area contributed by atoms with Gasteiger partial charge in [0.05, 0.1) is 5.56 Å². The van der Waals surface area contributed by atoms with E-state index < -0.39 is 11.7 Å². The number of nitrogens with one attached hydrogen (secondary N) is 1. The van der Waals surface area contributed by atoms with Crippen LogP contribution in [0.3, 0.4) is 0 Å². The summed E-state index contributed by atoms with van der Waals surface area (Å²) < 4.78 is 13.7. The zero-order valence-electron chi connectivity index (χ0n) is 9.14. The van der Waals surface area contributed by atoms with Crippen molar-refractivity contribution in [2.45, 2.75) is 6.92 Å². The van der Waals surface area contributed by atoms with Crippen LogP contribution in [0.25, 0.3) is 0 Å². The highest BCUT2D eigenvalue weighted by Crippen LogP contribution is 2.13. The summed E-state index contributed by atoms with van der Waals surface area (Å²) in [6, 6.07) is 7.88. The van der Waals surface area contributed by atoms with Crippen LogP contribution >= 0.6 is 0 Å². The van der Waals surface area contributed by atoms with E-state index in [0.717, 1.165) is 0 Å². The van der Waals surface area contributed by atoms with Gasteiger partial charge in [0.25, 0.3) is 5.91 Å². The minimum absolute atomic E-state index is 0.00402. The number of halogens is 1. The summed E-state index contributed by atoms with van der Waals surface area (Å²) in [6.45, 7) is 1.61. The van der Waals surface area contributed by atoms with Crippen LogP contribution in [0.15, 0.2) is 36.5 Å². The van der Waals surface area contributed by atoms with Crippen molar-refractivity contribution in [3.8, 4) is 0 Å². The third-order valence-corrected chi connectivity index (χ3v) is 2.25. The Kier molecular flexibility index (Phi) is 3.09. The third kappa shape index (κ3) is 2.44. The van der Waals surface area contributed by atoms with Gasteiger partial charge >= 0.3 is 0 Å². The molecular formula is C12H10FN3O. The number of aromatic nitrogens is 2. The van der Waals surface area contributed by atoms with E-state index in [2.05, 4.69) is 15.5 Å². The van der Waals surface area contributed by atoms with E-state index >= 15 is 0 Å². The number of carbonyl (C=O) groups excluding carboxylic acids is 1. The monoisotopic (exact) mass is 231 g/mol. The molecule has 0 unspecified atom stereocenters. The summed E-state index contributed by atoms with van der Waals surface area (Å²) in [5.74, 6) is -0.765. The standard InChI is InChI=1S/C12H10FN3O/c1-8-4-2-5-9(11(8)13)12(17)15-10-6-3-7-14-16-10/h2-7H,1H3,(H,15,16,17). The fourth-order valence-electron chi connectivity index (χ4n) is 1.37. The van der Waals surface area contributed by atoms with E-state index in [1.807, 2.05) is 0 Å². The molecule has 0 spiro atoms. The Labute approximate surface area is 97.5 Å². The van der Waals surface area contributed by atoms with Gasteiger partial charge in [-0.25, -0.2) is 4.39 Å². The molecule has 5 heteroatoms. The van der Waals surface area contributed by atoms with Crippen LogP contribution in [0, 0.1) is 12.7 Å². The number of hydrogen-bond donors (Lipinski definition) is 1. The minimum atomic E-state index is -0.535. The summed E-state index contributed by atoms with van der Waals surface area (Å²) in [7, 11) is 0. The van der Waals surface area contributed by atoms with E-state index in [4.69, 9.17) is 0 Å². The predicted octanol–water partition coefficient (Wildman–Crippen LogP) is 2.18. The Morgan fingerprint density at radius 2 is 2.12 bits per heavy atom. The molecule has 1 aromatic carbocycles. The van der Waals surface area contributed by atoms with Gasteiger partial charge in [0.2, 0.25) is 0 Å². The zero-order chi connectivity index (χ0) is 12.3. The largest absolute Gasteiger partial charge is 0.305 e. The van der Waals surface area contributed by atoms with E-state index in [0.29, 0.717) is 11.4 Å². The summed E-state index contributed by atoms with van der Waals surface area (Å²) >= 11 is 0. The SMILES string of the molecule is Cc1cccc(C(=O)Nc2cccnn2)c1F. The lowest BCUT2D eigenvalue weighted by atomic mass is 10.1. The molecule has 0 radical (unpaired) electrons. The summed E-state index contributed by atoms with van der Waals surface area (Å²) in [4.78, 5) is 11.8. The van der Waals surface area contributed by atoms with Crippen LogP contribution < -0.4 is 5.32 Å². The normalized spacial score (nSPS) is 10.0. The summed E-state index contributed by atoms with van der Waals surface area (Å²) in [5.41, 5.74) is 0.424. The molecule has 1 amide bonds. The highest BCUT2D eigenvalue weighted by atomic mass is 19.1. The molecule has 0 fully saturated rings. The molecule has 0 bridgehead atoms. The van der Waals surface area contributed by atoms with E-state index in [-0.39, 0.29) is 5.56 Å². The molecule has 17 heavy (non-hydrogen) atoms. The molecular weight excluding hydrogens is 221 g/mol. The summed E-state index contributed by atoms with van der Waals surface area (Å²) in [5, 5.41) is 9.78. The number of carbonyl (C=O) groups is 1. The fraction of sp³-hybridized carbons (Fsp3) is 0.0833. The van der Waals surface area contributed by atoms with Gasteiger partial charge in [-0.05, 0) is 30.7 Å². The molecule has 86 valence electrons. The first-order chi connectivity index (χ1) is 8.18. The second-order valence-electron chi connectivity index (χ2n) is 3.50. The zero-order valence-corrected chi connectivity index (χ0v) is 9.14. The molecule has 0 atom stereocenters. The van der Waals surface area contributed by atoms with Gasteiger partial charge in [-0.1, -0.05) is 12.1 Å². The Hall–Kier alpha value is -2.30. The molecule has 0 aliphatic carbocycles.